The summed E-state index contributed by atoms with van der Waals surface area (Å²) in [6, 6.07) is 12.2. The molecule has 1 amide bonds. The third-order valence-electron chi connectivity index (χ3n) is 8.99. The maximum atomic E-state index is 13.7. The van der Waals surface area contributed by atoms with Gasteiger partial charge in [-0.3, -0.25) is 9.78 Å². The summed E-state index contributed by atoms with van der Waals surface area (Å²) in [5, 5.41) is 3.22. The molecular weight excluding hydrogens is 588 g/mol. The van der Waals surface area contributed by atoms with Gasteiger partial charge >= 0.3 is 0 Å². The second kappa shape index (κ2) is 11.8. The van der Waals surface area contributed by atoms with Crippen LogP contribution in [0.2, 0.25) is 0 Å². The van der Waals surface area contributed by atoms with Crippen LogP contribution >= 0.6 is 0 Å². The first kappa shape index (κ1) is 31.2. The first-order chi connectivity index (χ1) is 21.3. The van der Waals surface area contributed by atoms with Crippen molar-refractivity contribution in [3.05, 3.63) is 77.3 Å². The third kappa shape index (κ3) is 6.60. The number of nitrogens with zero attached hydrogens (tertiary/aromatic N) is 4. The number of fused-ring (bicyclic) bond motifs is 6. The van der Waals surface area contributed by atoms with Crippen molar-refractivity contribution in [2.24, 2.45) is 5.92 Å². The molecule has 3 aromatic heterocycles. The molecule has 3 aliphatic rings. The van der Waals surface area contributed by atoms with Gasteiger partial charge in [-0.25, -0.2) is 14.7 Å². The van der Waals surface area contributed by atoms with E-state index in [-0.39, 0.29) is 27.6 Å². The van der Waals surface area contributed by atoms with E-state index in [1.807, 2.05) is 18.3 Å². The first-order valence-corrected chi connectivity index (χ1v) is 17.1. The molecule has 0 aliphatic carbocycles. The zero-order chi connectivity index (χ0) is 32.0. The van der Waals surface area contributed by atoms with E-state index in [1.54, 1.807) is 18.2 Å². The van der Waals surface area contributed by atoms with Crippen molar-refractivity contribution >= 4 is 33.1 Å². The smallest absolute Gasteiger partial charge is 0.281 e. The van der Waals surface area contributed by atoms with Gasteiger partial charge in [0.2, 0.25) is 0 Å². The first-order valence-electron chi connectivity index (χ1n) is 15.6. The Kier molecular flexibility index (Phi) is 8.19. The van der Waals surface area contributed by atoms with Gasteiger partial charge in [-0.05, 0) is 86.9 Å². The maximum absolute atomic E-state index is 13.7. The van der Waals surface area contributed by atoms with Crippen molar-refractivity contribution in [2.45, 2.75) is 82.3 Å². The number of rotatable bonds is 2. The van der Waals surface area contributed by atoms with Gasteiger partial charge in [-0.2, -0.15) is 8.42 Å². The van der Waals surface area contributed by atoms with Crippen molar-refractivity contribution in [2.75, 3.05) is 30.0 Å². The second-order valence-corrected chi connectivity index (χ2v) is 15.5. The Morgan fingerprint density at radius 1 is 1.04 bits per heavy atom. The average Bonchev–Trinajstić information content (AvgIpc) is 3.32. The van der Waals surface area contributed by atoms with E-state index >= 15 is 0 Å². The van der Waals surface area contributed by atoms with Gasteiger partial charge in [0.05, 0.1) is 30.5 Å². The maximum Gasteiger partial charge on any atom is 0.281 e. The Morgan fingerprint density at radius 3 is 2.58 bits per heavy atom. The van der Waals surface area contributed by atoms with Crippen LogP contribution in [0.3, 0.4) is 0 Å². The van der Waals surface area contributed by atoms with Crippen LogP contribution in [0, 0.1) is 5.92 Å². The molecule has 0 spiro atoms. The minimum Gasteiger partial charge on any atom is -0.377 e. The Balaban J connectivity index is 1.40. The van der Waals surface area contributed by atoms with Gasteiger partial charge in [0, 0.05) is 29.4 Å². The lowest BCUT2D eigenvalue weighted by molar-refractivity contribution is 0.0981. The molecule has 0 radical (unpaired) electrons. The summed E-state index contributed by atoms with van der Waals surface area (Å²) >= 11 is 0. The van der Waals surface area contributed by atoms with Gasteiger partial charge in [-0.1, -0.05) is 39.0 Å². The van der Waals surface area contributed by atoms with Gasteiger partial charge in [0.25, 0.3) is 15.9 Å². The number of amides is 1. The van der Waals surface area contributed by atoms with E-state index in [0.717, 1.165) is 42.6 Å². The Labute approximate surface area is 265 Å². The molecule has 6 heterocycles. The average molecular weight is 631 g/mol. The number of aromatic nitrogens is 3. The highest BCUT2D eigenvalue weighted by atomic mass is 32.2. The molecule has 3 aliphatic heterocycles. The standard InChI is InChI=1S/C34H42N6O4S/c1-33(2,3)28-14-11-25-31(37-28)40-21-22(19-34(40,4)5)9-12-27(26-13-10-24(20-35-26)23-15-17-44-18-16-23)36-29-7-6-8-30(38-29)45(42,43)39-32(25)41/h6-8,10-11,13-15,20,22,27H,9,12,16-19,21H2,1-5H3,(H,36,38)(H,39,41)/t22-,27?/m0/s1. The summed E-state index contributed by atoms with van der Waals surface area (Å²) < 4.78 is 34.7. The Hall–Kier alpha value is -3.83. The molecule has 1 unspecified atom stereocenters. The van der Waals surface area contributed by atoms with Crippen LogP contribution in [-0.4, -0.2) is 54.6 Å². The van der Waals surface area contributed by atoms with Crippen molar-refractivity contribution in [3.8, 4) is 0 Å². The number of pyridine rings is 3. The molecule has 45 heavy (non-hydrogen) atoms. The predicted octanol–water partition coefficient (Wildman–Crippen LogP) is 5.64. The SMILES string of the molecule is CC(C)(C)c1ccc2c(n1)N1C[C@@H](CCC(c3ccc(C4=CCOCC4)cn3)Nc3cccc(n3)S(=O)(=O)NC2=O)CC1(C)C. The highest BCUT2D eigenvalue weighted by Gasteiger charge is 2.41. The number of hydrogen-bond donors (Lipinski definition) is 2. The normalized spacial score (nSPS) is 23.1. The molecule has 238 valence electrons. The molecule has 1 fully saturated rings. The van der Waals surface area contributed by atoms with Crippen LogP contribution in [0.4, 0.5) is 11.6 Å². The van der Waals surface area contributed by atoms with E-state index in [4.69, 9.17) is 14.7 Å². The molecule has 4 bridgehead atoms. The molecule has 1 saturated heterocycles. The van der Waals surface area contributed by atoms with E-state index in [1.165, 1.54) is 11.6 Å². The molecular formula is C34H42N6O4S. The molecule has 0 aromatic carbocycles. The number of ether oxygens (including phenoxy) is 1. The van der Waals surface area contributed by atoms with E-state index in [2.05, 4.69) is 66.7 Å². The third-order valence-corrected chi connectivity index (χ3v) is 10.2. The molecule has 6 rings (SSSR count). The Bertz CT molecular complexity index is 1730. The Morgan fingerprint density at radius 2 is 1.87 bits per heavy atom. The second-order valence-electron chi connectivity index (χ2n) is 13.9. The van der Waals surface area contributed by atoms with Crippen molar-refractivity contribution < 1.29 is 17.9 Å². The minimum absolute atomic E-state index is 0.206. The lowest BCUT2D eigenvalue weighted by atomic mass is 9.90. The van der Waals surface area contributed by atoms with Crippen molar-refractivity contribution in [3.63, 3.8) is 0 Å². The largest absolute Gasteiger partial charge is 0.377 e. The van der Waals surface area contributed by atoms with Crippen LogP contribution < -0.4 is 14.9 Å². The number of carbonyl (C=O) groups excluding carboxylic acids is 1. The zero-order valence-corrected chi connectivity index (χ0v) is 27.4. The van der Waals surface area contributed by atoms with Crippen LogP contribution in [0.1, 0.15) is 93.7 Å². The van der Waals surface area contributed by atoms with Gasteiger partial charge < -0.3 is 15.0 Å². The molecule has 0 saturated carbocycles. The summed E-state index contributed by atoms with van der Waals surface area (Å²) in [6.45, 7) is 12.6. The number of anilines is 2. The highest BCUT2D eigenvalue weighted by molar-refractivity contribution is 7.90. The summed E-state index contributed by atoms with van der Waals surface area (Å²) in [5.74, 6) is 0.496. The number of hydrogen-bond acceptors (Lipinski definition) is 9. The van der Waals surface area contributed by atoms with E-state index in [0.29, 0.717) is 37.3 Å². The lowest BCUT2D eigenvalue weighted by Gasteiger charge is -2.34. The summed E-state index contributed by atoms with van der Waals surface area (Å²) in [4.78, 5) is 30.1. The number of carbonyl (C=O) groups is 1. The number of nitrogens with one attached hydrogen (secondary N) is 2. The van der Waals surface area contributed by atoms with Gasteiger partial charge in [0.1, 0.15) is 11.6 Å². The molecule has 11 heteroatoms. The van der Waals surface area contributed by atoms with Crippen molar-refractivity contribution in [1.29, 1.82) is 0 Å². The number of sulfonamides is 1. The fraction of sp³-hybridized carbons (Fsp3) is 0.471. The summed E-state index contributed by atoms with van der Waals surface area (Å²) in [7, 11) is -4.28. The van der Waals surface area contributed by atoms with Crippen LogP contribution in [0.5, 0.6) is 0 Å². The van der Waals surface area contributed by atoms with Crippen LogP contribution in [0.15, 0.2) is 59.8 Å². The highest BCUT2D eigenvalue weighted by Crippen LogP contribution is 2.41. The molecule has 2 atom stereocenters. The molecule has 10 nitrogen and oxygen atoms in total. The van der Waals surface area contributed by atoms with Gasteiger partial charge in [0.15, 0.2) is 5.03 Å². The lowest BCUT2D eigenvalue weighted by Crippen LogP contribution is -2.41. The zero-order valence-electron chi connectivity index (χ0n) is 26.6. The fourth-order valence-corrected chi connectivity index (χ4v) is 7.48. The molecule has 2 N–H and O–H groups in total. The van der Waals surface area contributed by atoms with E-state index in [9.17, 15) is 13.2 Å². The summed E-state index contributed by atoms with van der Waals surface area (Å²) in [5.41, 5.74) is 3.67. The minimum atomic E-state index is -4.28. The fourth-order valence-electron chi connectivity index (χ4n) is 6.54. The molecule has 3 aromatic rings. The topological polar surface area (TPSA) is 126 Å². The van der Waals surface area contributed by atoms with Crippen LogP contribution in [-0.2, 0) is 20.2 Å². The van der Waals surface area contributed by atoms with Gasteiger partial charge in [-0.15, -0.1) is 0 Å². The monoisotopic (exact) mass is 630 g/mol. The van der Waals surface area contributed by atoms with Crippen LogP contribution in [0.25, 0.3) is 5.57 Å². The van der Waals surface area contributed by atoms with Crippen molar-refractivity contribution in [1.82, 2.24) is 19.7 Å². The van der Waals surface area contributed by atoms with E-state index < -0.39 is 15.9 Å². The predicted molar refractivity (Wildman–Crippen MR) is 175 cm³/mol. The quantitative estimate of drug-likeness (QED) is 0.370. The summed E-state index contributed by atoms with van der Waals surface area (Å²) in [6.07, 6.45) is 7.41.